The molecule has 164 valence electrons. The summed E-state index contributed by atoms with van der Waals surface area (Å²) >= 11 is 0. The zero-order valence-electron chi connectivity index (χ0n) is 17.4. The molecule has 1 aromatic carbocycles. The largest absolute Gasteiger partial charge is 0.478 e. The smallest absolute Gasteiger partial charge is 0.339 e. The Kier molecular flexibility index (Phi) is 6.46. The Morgan fingerprint density at radius 2 is 1.87 bits per heavy atom. The van der Waals surface area contributed by atoms with Gasteiger partial charge in [-0.05, 0) is 75.0 Å². The normalized spacial score (nSPS) is 19.4. The second-order valence-electron chi connectivity index (χ2n) is 8.32. The highest BCUT2D eigenvalue weighted by Gasteiger charge is 2.27. The summed E-state index contributed by atoms with van der Waals surface area (Å²) in [6, 6.07) is 6.59. The van der Waals surface area contributed by atoms with Gasteiger partial charge in [-0.3, -0.25) is 4.79 Å². The van der Waals surface area contributed by atoms with Gasteiger partial charge in [0.25, 0.3) is 5.91 Å². The van der Waals surface area contributed by atoms with E-state index in [4.69, 9.17) is 0 Å². The molecule has 1 amide bonds. The number of likely N-dealkylation sites (tertiary alicyclic amines) is 1. The molecule has 0 aliphatic carbocycles. The van der Waals surface area contributed by atoms with Crippen LogP contribution in [0.15, 0.2) is 36.5 Å². The first kappa shape index (κ1) is 21.2. The second-order valence-corrected chi connectivity index (χ2v) is 8.32. The molecule has 2 aliphatic heterocycles. The molecule has 3 heterocycles. The predicted octanol–water partition coefficient (Wildman–Crippen LogP) is 3.48. The molecule has 8 heteroatoms. The summed E-state index contributed by atoms with van der Waals surface area (Å²) in [4.78, 5) is 33.3. The highest BCUT2D eigenvalue weighted by atomic mass is 19.1. The van der Waals surface area contributed by atoms with Crippen LogP contribution < -0.4 is 10.2 Å². The molecule has 0 saturated carbocycles. The highest BCUT2D eigenvalue weighted by Crippen LogP contribution is 2.28. The van der Waals surface area contributed by atoms with E-state index in [1.807, 2.05) is 0 Å². The van der Waals surface area contributed by atoms with Gasteiger partial charge in [-0.1, -0.05) is 0 Å². The summed E-state index contributed by atoms with van der Waals surface area (Å²) in [6.45, 7) is 4.90. The average Bonchev–Trinajstić information content (AvgIpc) is 3.27. The number of benzene rings is 1. The van der Waals surface area contributed by atoms with Gasteiger partial charge in [-0.2, -0.15) is 0 Å². The first-order chi connectivity index (χ1) is 15.0. The van der Waals surface area contributed by atoms with Crippen LogP contribution in [0.3, 0.4) is 0 Å². The van der Waals surface area contributed by atoms with E-state index in [1.54, 1.807) is 0 Å². The fraction of sp³-hybridized carbons (Fsp3) is 0.435. The molecule has 2 fully saturated rings. The zero-order chi connectivity index (χ0) is 21.8. The molecule has 0 bridgehead atoms. The number of carboxylic acid groups (broad SMARTS) is 1. The Morgan fingerprint density at radius 3 is 2.58 bits per heavy atom. The van der Waals surface area contributed by atoms with Gasteiger partial charge >= 0.3 is 5.97 Å². The van der Waals surface area contributed by atoms with E-state index >= 15 is 0 Å². The number of halogens is 1. The van der Waals surface area contributed by atoms with Crippen molar-refractivity contribution in [3.8, 4) is 0 Å². The fourth-order valence-corrected chi connectivity index (χ4v) is 4.48. The van der Waals surface area contributed by atoms with Gasteiger partial charge in [0, 0.05) is 25.2 Å². The Morgan fingerprint density at radius 1 is 1.13 bits per heavy atom. The topological polar surface area (TPSA) is 85.8 Å². The maximum absolute atomic E-state index is 13.1. The number of amides is 1. The lowest BCUT2D eigenvalue weighted by Gasteiger charge is -2.36. The van der Waals surface area contributed by atoms with E-state index in [9.17, 15) is 19.1 Å². The Bertz CT molecular complexity index is 944. The standard InChI is InChI=1S/C23H27FN4O3/c24-18-7-5-17(6-8-18)22(29)26-19-12-20(23(30)31)21(25-13-19)28-11-3-4-16(15-28)14-27-9-1-2-10-27/h5-8,12-13,16H,1-4,9-11,14-15H2,(H,26,29)(H,30,31)/t16-/m0/s1. The zero-order valence-corrected chi connectivity index (χ0v) is 17.4. The summed E-state index contributed by atoms with van der Waals surface area (Å²) in [6.07, 6.45) is 6.13. The van der Waals surface area contributed by atoms with Crippen molar-refractivity contribution in [1.82, 2.24) is 9.88 Å². The number of hydrogen-bond acceptors (Lipinski definition) is 5. The summed E-state index contributed by atoms with van der Waals surface area (Å²) in [7, 11) is 0. The molecule has 1 aromatic heterocycles. The number of aromatic carboxylic acids is 1. The van der Waals surface area contributed by atoms with Gasteiger partial charge in [-0.15, -0.1) is 0 Å². The minimum absolute atomic E-state index is 0.0683. The van der Waals surface area contributed by atoms with Crippen LogP contribution in [-0.2, 0) is 0 Å². The van der Waals surface area contributed by atoms with Crippen molar-refractivity contribution in [2.45, 2.75) is 25.7 Å². The molecule has 7 nitrogen and oxygen atoms in total. The lowest BCUT2D eigenvalue weighted by atomic mass is 9.97. The van der Waals surface area contributed by atoms with Crippen molar-refractivity contribution in [1.29, 1.82) is 0 Å². The molecule has 2 saturated heterocycles. The number of carboxylic acids is 1. The molecular formula is C23H27FN4O3. The van der Waals surface area contributed by atoms with Crippen molar-refractivity contribution >= 4 is 23.4 Å². The summed E-state index contributed by atoms with van der Waals surface area (Å²) in [5.41, 5.74) is 0.642. The number of nitrogens with one attached hydrogen (secondary N) is 1. The van der Waals surface area contributed by atoms with Crippen molar-refractivity contribution in [2.75, 3.05) is 42.9 Å². The van der Waals surface area contributed by atoms with Crippen LogP contribution in [0.1, 0.15) is 46.4 Å². The molecular weight excluding hydrogens is 399 g/mol. The van der Waals surface area contributed by atoms with Crippen LogP contribution in [0.2, 0.25) is 0 Å². The number of rotatable bonds is 6. The number of nitrogens with zero attached hydrogens (tertiary/aromatic N) is 3. The molecule has 0 spiro atoms. The van der Waals surface area contributed by atoms with Crippen LogP contribution in [0.25, 0.3) is 0 Å². The minimum atomic E-state index is -1.08. The van der Waals surface area contributed by atoms with Gasteiger partial charge < -0.3 is 20.2 Å². The van der Waals surface area contributed by atoms with Crippen molar-refractivity contribution < 1.29 is 19.1 Å². The van der Waals surface area contributed by atoms with Crippen LogP contribution in [0.4, 0.5) is 15.9 Å². The highest BCUT2D eigenvalue weighted by molar-refractivity contribution is 6.05. The maximum Gasteiger partial charge on any atom is 0.339 e. The lowest BCUT2D eigenvalue weighted by Crippen LogP contribution is -2.41. The lowest BCUT2D eigenvalue weighted by molar-refractivity contribution is 0.0696. The molecule has 0 radical (unpaired) electrons. The molecule has 0 unspecified atom stereocenters. The number of pyridine rings is 1. The van der Waals surface area contributed by atoms with Crippen LogP contribution in [-0.4, -0.2) is 59.6 Å². The first-order valence-corrected chi connectivity index (χ1v) is 10.8. The molecule has 31 heavy (non-hydrogen) atoms. The number of aromatic nitrogens is 1. The third kappa shape index (κ3) is 5.19. The van der Waals surface area contributed by atoms with Crippen LogP contribution in [0.5, 0.6) is 0 Å². The third-order valence-corrected chi connectivity index (χ3v) is 5.99. The summed E-state index contributed by atoms with van der Waals surface area (Å²) < 4.78 is 13.1. The molecule has 1 atom stereocenters. The van der Waals surface area contributed by atoms with Gasteiger partial charge in [0.05, 0.1) is 11.9 Å². The van der Waals surface area contributed by atoms with Gasteiger partial charge in [0.2, 0.25) is 0 Å². The van der Waals surface area contributed by atoms with E-state index in [1.165, 1.54) is 49.4 Å². The second kappa shape index (κ2) is 9.43. The molecule has 4 rings (SSSR count). The van der Waals surface area contributed by atoms with Crippen LogP contribution in [0, 0.1) is 11.7 Å². The summed E-state index contributed by atoms with van der Waals surface area (Å²) in [5.74, 6) is -1.02. The van der Waals surface area contributed by atoms with Crippen molar-refractivity contribution in [2.24, 2.45) is 5.92 Å². The maximum atomic E-state index is 13.1. The quantitative estimate of drug-likeness (QED) is 0.736. The predicted molar refractivity (Wildman–Crippen MR) is 116 cm³/mol. The Labute approximate surface area is 180 Å². The summed E-state index contributed by atoms with van der Waals surface area (Å²) in [5, 5.41) is 12.4. The van der Waals surface area contributed by atoms with E-state index in [2.05, 4.69) is 20.1 Å². The number of hydrogen-bond donors (Lipinski definition) is 2. The number of anilines is 2. The van der Waals surface area contributed by atoms with Crippen molar-refractivity contribution in [3.63, 3.8) is 0 Å². The monoisotopic (exact) mass is 426 g/mol. The molecule has 2 N–H and O–H groups in total. The van der Waals surface area contributed by atoms with Gasteiger partial charge in [0.1, 0.15) is 17.2 Å². The minimum Gasteiger partial charge on any atom is -0.478 e. The van der Waals surface area contributed by atoms with E-state index < -0.39 is 17.7 Å². The first-order valence-electron chi connectivity index (χ1n) is 10.8. The van der Waals surface area contributed by atoms with E-state index in [0.29, 0.717) is 17.4 Å². The SMILES string of the molecule is O=C(Nc1cnc(N2CCC[C@@H](CN3CCCC3)C2)c(C(=O)O)c1)c1ccc(F)cc1. The number of piperidine rings is 1. The van der Waals surface area contributed by atoms with Crippen LogP contribution >= 0.6 is 0 Å². The molecule has 2 aromatic rings. The molecule has 2 aliphatic rings. The Balaban J connectivity index is 1.48. The van der Waals surface area contributed by atoms with E-state index in [-0.39, 0.29) is 11.1 Å². The Hall–Kier alpha value is -3.00. The fourth-order valence-electron chi connectivity index (χ4n) is 4.48. The van der Waals surface area contributed by atoms with Gasteiger partial charge in [0.15, 0.2) is 0 Å². The van der Waals surface area contributed by atoms with Crippen molar-refractivity contribution in [3.05, 3.63) is 53.5 Å². The number of carbonyl (C=O) groups is 2. The average molecular weight is 426 g/mol. The third-order valence-electron chi connectivity index (χ3n) is 5.99. The van der Waals surface area contributed by atoms with Gasteiger partial charge in [-0.25, -0.2) is 14.2 Å². The number of carbonyl (C=O) groups excluding carboxylic acids is 1. The van der Waals surface area contributed by atoms with E-state index in [0.717, 1.165) is 45.6 Å².